The maximum atomic E-state index is 13.8. The molecule has 7 heteroatoms. The Bertz CT molecular complexity index is 1350. The van der Waals surface area contributed by atoms with Gasteiger partial charge < -0.3 is 5.11 Å². The second-order valence-corrected chi connectivity index (χ2v) is 10.5. The fourth-order valence-corrected chi connectivity index (χ4v) is 5.43. The summed E-state index contributed by atoms with van der Waals surface area (Å²) in [5.74, 6) is -1.50. The van der Waals surface area contributed by atoms with E-state index < -0.39 is 11.9 Å². The highest BCUT2D eigenvalue weighted by molar-refractivity contribution is 9.10. The Morgan fingerprint density at radius 1 is 0.914 bits per heavy atom. The van der Waals surface area contributed by atoms with E-state index in [0.29, 0.717) is 0 Å². The van der Waals surface area contributed by atoms with Crippen LogP contribution >= 0.6 is 31.9 Å². The number of hydrogen-bond acceptors (Lipinski definition) is 3. The first kappa shape index (κ1) is 23.7. The summed E-state index contributed by atoms with van der Waals surface area (Å²) < 4.78 is 1.97. The molecule has 0 radical (unpaired) electrons. The summed E-state index contributed by atoms with van der Waals surface area (Å²) in [6, 6.07) is 22.1. The zero-order chi connectivity index (χ0) is 24.5. The first-order valence-corrected chi connectivity index (χ1v) is 13.0. The lowest BCUT2D eigenvalue weighted by atomic mass is 9.77. The molecule has 5 rings (SSSR count). The Labute approximate surface area is 220 Å². The lowest BCUT2D eigenvalue weighted by Crippen LogP contribution is -2.32. The Kier molecular flexibility index (Phi) is 6.71. The Balaban J connectivity index is 1.60. The zero-order valence-corrected chi connectivity index (χ0v) is 21.9. The predicted molar refractivity (Wildman–Crippen MR) is 143 cm³/mol. The van der Waals surface area contributed by atoms with Crippen LogP contribution in [-0.4, -0.2) is 27.7 Å². The van der Waals surface area contributed by atoms with Crippen molar-refractivity contribution in [1.82, 2.24) is 5.01 Å². The maximum absolute atomic E-state index is 13.8. The molecular weight excluding hydrogens is 572 g/mol. The normalized spacial score (nSPS) is 20.5. The molecule has 2 atom stereocenters. The quantitative estimate of drug-likeness (QED) is 0.344. The predicted octanol–water partition coefficient (Wildman–Crippen LogP) is 7.35. The van der Waals surface area contributed by atoms with E-state index in [9.17, 15) is 14.7 Å². The van der Waals surface area contributed by atoms with E-state index in [2.05, 4.69) is 50.1 Å². The fraction of sp³-hybridized carbons (Fsp3) is 0.179. The van der Waals surface area contributed by atoms with Crippen LogP contribution in [0.25, 0.3) is 6.08 Å². The number of benzene rings is 3. The van der Waals surface area contributed by atoms with Crippen molar-refractivity contribution in [2.24, 2.45) is 11.0 Å². The zero-order valence-electron chi connectivity index (χ0n) is 18.7. The van der Waals surface area contributed by atoms with E-state index in [1.807, 2.05) is 36.4 Å². The molecule has 0 saturated heterocycles. The van der Waals surface area contributed by atoms with Gasteiger partial charge in [-0.25, -0.2) is 9.80 Å². The van der Waals surface area contributed by atoms with Gasteiger partial charge in [-0.15, -0.1) is 0 Å². The monoisotopic (exact) mass is 592 g/mol. The molecule has 1 amide bonds. The maximum Gasteiger partial charge on any atom is 0.336 e. The highest BCUT2D eigenvalue weighted by Crippen LogP contribution is 2.45. The van der Waals surface area contributed by atoms with Gasteiger partial charge in [0.2, 0.25) is 0 Å². The van der Waals surface area contributed by atoms with Crippen LogP contribution in [0.4, 0.5) is 0 Å². The average molecular weight is 594 g/mol. The number of allylic oxidation sites excluding steroid dienone is 1. The number of fused-ring (bicyclic) bond motifs is 1. The fourth-order valence-electron chi connectivity index (χ4n) is 4.90. The number of carboxylic acid groups (broad SMARTS) is 1. The highest BCUT2D eigenvalue weighted by Gasteiger charge is 2.44. The number of halogens is 2. The van der Waals surface area contributed by atoms with Crippen molar-refractivity contribution in [3.8, 4) is 0 Å². The first-order chi connectivity index (χ1) is 16.9. The van der Waals surface area contributed by atoms with Gasteiger partial charge in [-0.1, -0.05) is 68.3 Å². The summed E-state index contributed by atoms with van der Waals surface area (Å²) >= 11 is 6.98. The smallest absolute Gasteiger partial charge is 0.336 e. The summed E-state index contributed by atoms with van der Waals surface area (Å²) in [5.41, 5.74) is 4.20. The average Bonchev–Trinajstić information content (AvgIpc) is 3.26. The van der Waals surface area contributed by atoms with E-state index in [0.717, 1.165) is 50.6 Å². The molecule has 3 aromatic carbocycles. The van der Waals surface area contributed by atoms with Crippen molar-refractivity contribution in [2.45, 2.75) is 25.3 Å². The van der Waals surface area contributed by atoms with Gasteiger partial charge in [0.1, 0.15) is 0 Å². The molecule has 1 heterocycles. The number of nitrogens with zero attached hydrogens (tertiary/aromatic N) is 2. The topological polar surface area (TPSA) is 70.0 Å². The third kappa shape index (κ3) is 4.75. The van der Waals surface area contributed by atoms with Crippen molar-refractivity contribution < 1.29 is 14.7 Å². The van der Waals surface area contributed by atoms with Gasteiger partial charge in [0, 0.05) is 14.9 Å². The number of hydrazone groups is 1. The Morgan fingerprint density at radius 2 is 1.54 bits per heavy atom. The van der Waals surface area contributed by atoms with Gasteiger partial charge in [-0.3, -0.25) is 4.79 Å². The third-order valence-electron chi connectivity index (χ3n) is 6.52. The van der Waals surface area contributed by atoms with Crippen LogP contribution in [0.5, 0.6) is 0 Å². The van der Waals surface area contributed by atoms with Crippen LogP contribution < -0.4 is 0 Å². The lowest BCUT2D eigenvalue weighted by molar-refractivity contribution is 0.0646. The van der Waals surface area contributed by atoms with Crippen molar-refractivity contribution >= 4 is 55.5 Å². The molecule has 1 N–H and O–H groups in total. The molecule has 1 aliphatic carbocycles. The molecule has 2 aliphatic rings. The highest BCUT2D eigenvalue weighted by atomic mass is 79.9. The second kappa shape index (κ2) is 9.91. The molecule has 1 saturated carbocycles. The summed E-state index contributed by atoms with van der Waals surface area (Å²) in [7, 11) is 0. The molecular formula is C28H22Br2N2O3. The minimum Gasteiger partial charge on any atom is -0.478 e. The summed E-state index contributed by atoms with van der Waals surface area (Å²) in [5, 5.41) is 16.1. The van der Waals surface area contributed by atoms with E-state index in [-0.39, 0.29) is 23.1 Å². The number of amides is 1. The van der Waals surface area contributed by atoms with E-state index in [1.165, 1.54) is 11.1 Å². The molecule has 35 heavy (non-hydrogen) atoms. The van der Waals surface area contributed by atoms with Crippen LogP contribution in [0.15, 0.2) is 92.4 Å². The van der Waals surface area contributed by atoms with Gasteiger partial charge in [0.15, 0.2) is 0 Å². The van der Waals surface area contributed by atoms with Crippen molar-refractivity contribution in [3.63, 3.8) is 0 Å². The first-order valence-electron chi connectivity index (χ1n) is 11.4. The Hall–Kier alpha value is -3.03. The van der Waals surface area contributed by atoms with Crippen molar-refractivity contribution in [1.29, 1.82) is 0 Å². The van der Waals surface area contributed by atoms with Crippen LogP contribution in [0, 0.1) is 5.92 Å². The SMILES string of the molecule is O=C(O)c1ccccc1C(=O)N1N=C2/C(=C/c3ccc(Br)cc3)CCC[C@H]2[C@H]1c1ccc(Br)cc1. The van der Waals surface area contributed by atoms with Crippen LogP contribution in [0.1, 0.15) is 57.1 Å². The number of carbonyl (C=O) groups is 2. The number of aromatic carboxylic acids is 1. The minimum absolute atomic E-state index is 0.0206. The van der Waals surface area contributed by atoms with Gasteiger partial charge in [0.05, 0.1) is 22.9 Å². The summed E-state index contributed by atoms with van der Waals surface area (Å²) in [6.45, 7) is 0. The molecule has 5 nitrogen and oxygen atoms in total. The molecule has 0 spiro atoms. The molecule has 0 unspecified atom stereocenters. The molecule has 3 aromatic rings. The van der Waals surface area contributed by atoms with E-state index >= 15 is 0 Å². The van der Waals surface area contributed by atoms with Gasteiger partial charge in [-0.05, 0) is 78.4 Å². The van der Waals surface area contributed by atoms with Crippen molar-refractivity contribution in [2.75, 3.05) is 0 Å². The minimum atomic E-state index is -1.13. The summed E-state index contributed by atoms with van der Waals surface area (Å²) in [4.78, 5) is 25.6. The molecule has 0 bridgehead atoms. The van der Waals surface area contributed by atoms with Gasteiger partial charge in [-0.2, -0.15) is 5.10 Å². The number of rotatable bonds is 4. The standard InChI is InChI=1S/C28H22Br2N2O3/c29-20-12-8-17(9-13-20)16-19-4-3-7-24-25(19)31-32(26(24)18-10-14-21(30)15-11-18)27(33)22-5-1-2-6-23(22)28(34)35/h1-2,5-6,8-16,24,26H,3-4,7H2,(H,34,35)/b19-16+/t24-,26-/m1/s1. The molecule has 1 fully saturated rings. The van der Waals surface area contributed by atoms with Gasteiger partial charge in [0.25, 0.3) is 5.91 Å². The largest absolute Gasteiger partial charge is 0.478 e. The lowest BCUT2D eigenvalue weighted by Gasteiger charge is -2.30. The third-order valence-corrected chi connectivity index (χ3v) is 7.58. The number of hydrogen-bond donors (Lipinski definition) is 1. The molecule has 176 valence electrons. The molecule has 0 aromatic heterocycles. The molecule has 1 aliphatic heterocycles. The number of carboxylic acids is 1. The van der Waals surface area contributed by atoms with E-state index in [1.54, 1.807) is 18.2 Å². The van der Waals surface area contributed by atoms with Crippen molar-refractivity contribution in [3.05, 3.63) is 110 Å². The van der Waals surface area contributed by atoms with Gasteiger partial charge >= 0.3 is 5.97 Å². The van der Waals surface area contributed by atoms with Crippen LogP contribution in [0.3, 0.4) is 0 Å². The number of carbonyl (C=O) groups excluding carboxylic acids is 1. The Morgan fingerprint density at radius 3 is 2.20 bits per heavy atom. The second-order valence-electron chi connectivity index (χ2n) is 8.70. The summed E-state index contributed by atoms with van der Waals surface area (Å²) in [6.07, 6.45) is 4.93. The van der Waals surface area contributed by atoms with Crippen LogP contribution in [0.2, 0.25) is 0 Å². The van der Waals surface area contributed by atoms with Crippen LogP contribution in [-0.2, 0) is 0 Å². The van der Waals surface area contributed by atoms with E-state index in [4.69, 9.17) is 5.10 Å².